The van der Waals surface area contributed by atoms with E-state index in [-0.39, 0.29) is 29.6 Å². The number of para-hydroxylation sites is 2. The van der Waals surface area contributed by atoms with Gasteiger partial charge in [0.15, 0.2) is 5.75 Å². The molecule has 1 rings (SSSR count). The first-order chi connectivity index (χ1) is 7.31. The van der Waals surface area contributed by atoms with Gasteiger partial charge in [0, 0.05) is 14.2 Å². The van der Waals surface area contributed by atoms with Crippen LogP contribution in [-0.4, -0.2) is 57.7 Å². The van der Waals surface area contributed by atoms with Crippen molar-refractivity contribution in [1.29, 1.82) is 0 Å². The molecule has 6 heteroatoms. The third-order valence-electron chi connectivity index (χ3n) is 1.76. The van der Waals surface area contributed by atoms with Gasteiger partial charge in [-0.05, 0) is 19.1 Å². The summed E-state index contributed by atoms with van der Waals surface area (Å²) in [5.74, 6) is 1.28. The molecule has 0 atom stereocenters. The van der Waals surface area contributed by atoms with Crippen molar-refractivity contribution in [2.24, 2.45) is 0 Å². The average Bonchev–Trinajstić information content (AvgIpc) is 2.28. The van der Waals surface area contributed by atoms with Gasteiger partial charge in [-0.3, -0.25) is 0 Å². The van der Waals surface area contributed by atoms with E-state index in [1.54, 1.807) is 6.07 Å². The molecule has 0 heterocycles. The van der Waals surface area contributed by atoms with Crippen LogP contribution in [0.1, 0.15) is 6.92 Å². The van der Waals surface area contributed by atoms with E-state index in [0.717, 1.165) is 0 Å². The Morgan fingerprint density at radius 2 is 1.62 bits per heavy atom. The monoisotopic (exact) mass is 234 g/mol. The van der Waals surface area contributed by atoms with E-state index < -0.39 is 7.32 Å². The van der Waals surface area contributed by atoms with Gasteiger partial charge in [-0.25, -0.2) is 0 Å². The number of hydrogen-bond donors (Lipinski definition) is 0. The molecule has 4 nitrogen and oxygen atoms in total. The van der Waals surface area contributed by atoms with Crippen molar-refractivity contribution >= 4 is 36.9 Å². The Kier molecular flexibility index (Phi) is 8.79. The maximum absolute atomic E-state index is 5.43. The third kappa shape index (κ3) is 4.76. The fraction of sp³-hybridized carbons (Fsp3) is 0.400. The second kappa shape index (κ2) is 8.90. The van der Waals surface area contributed by atoms with Crippen LogP contribution < -0.4 is 9.39 Å². The van der Waals surface area contributed by atoms with Crippen molar-refractivity contribution in [3.05, 3.63) is 24.3 Å². The van der Waals surface area contributed by atoms with Gasteiger partial charge >= 0.3 is 36.9 Å². The molecule has 1 aromatic carbocycles. The molecule has 0 saturated carbocycles. The first kappa shape index (κ1) is 15.8. The number of benzene rings is 1. The first-order valence-electron chi connectivity index (χ1n) is 4.75. The molecule has 0 bridgehead atoms. The minimum atomic E-state index is -0.716. The quantitative estimate of drug-likeness (QED) is 0.690. The Morgan fingerprint density at radius 1 is 1.06 bits per heavy atom. The molecule has 0 aromatic heterocycles. The van der Waals surface area contributed by atoms with Gasteiger partial charge in [0.25, 0.3) is 0 Å². The Labute approximate surface area is 119 Å². The second-order valence-electron chi connectivity index (χ2n) is 2.76. The summed E-state index contributed by atoms with van der Waals surface area (Å²) < 4.78 is 20.7. The normalized spacial score (nSPS) is 9.19. The second-order valence-corrected chi connectivity index (χ2v) is 2.76. The fourth-order valence-corrected chi connectivity index (χ4v) is 1.12. The number of rotatable bonds is 6. The molecule has 0 radical (unpaired) electrons. The van der Waals surface area contributed by atoms with Gasteiger partial charge in [-0.1, -0.05) is 12.1 Å². The summed E-state index contributed by atoms with van der Waals surface area (Å²) in [6.45, 7) is 2.51. The molecule has 16 heavy (non-hydrogen) atoms. The Hall–Kier alpha value is -0.195. The summed E-state index contributed by atoms with van der Waals surface area (Å²) in [7, 11) is 2.31. The predicted octanol–water partition coefficient (Wildman–Crippen LogP) is 1.09. The molecule has 0 spiro atoms. The van der Waals surface area contributed by atoms with Crippen LogP contribution in [-0.2, 0) is 9.31 Å². The fourth-order valence-electron chi connectivity index (χ4n) is 1.12. The Bertz CT molecular complexity index is 294. The Balaban J connectivity index is 0.00000225. The number of hydrogen-bond acceptors (Lipinski definition) is 4. The summed E-state index contributed by atoms with van der Waals surface area (Å²) in [5, 5.41) is 0. The summed E-state index contributed by atoms with van der Waals surface area (Å²) in [6.07, 6.45) is 0. The zero-order valence-corrected chi connectivity index (χ0v) is 9.23. The van der Waals surface area contributed by atoms with Crippen molar-refractivity contribution in [2.45, 2.75) is 6.92 Å². The molecule has 1 aromatic rings. The van der Waals surface area contributed by atoms with E-state index in [9.17, 15) is 0 Å². The van der Waals surface area contributed by atoms with Crippen molar-refractivity contribution < 1.29 is 18.7 Å². The summed E-state index contributed by atoms with van der Waals surface area (Å²) in [4.78, 5) is 0. The van der Waals surface area contributed by atoms with Crippen LogP contribution in [0.4, 0.5) is 0 Å². The van der Waals surface area contributed by atoms with E-state index in [2.05, 4.69) is 0 Å². The molecule has 0 amide bonds. The van der Waals surface area contributed by atoms with E-state index >= 15 is 0 Å². The average molecular weight is 234 g/mol. The minimum absolute atomic E-state index is 0. The molecule has 0 aliphatic rings. The van der Waals surface area contributed by atoms with Crippen molar-refractivity contribution in [1.82, 2.24) is 0 Å². The molecular formula is C10H16BNaO4. The van der Waals surface area contributed by atoms with Gasteiger partial charge < -0.3 is 18.7 Å². The van der Waals surface area contributed by atoms with E-state index in [0.29, 0.717) is 18.1 Å². The first-order valence-corrected chi connectivity index (χ1v) is 4.75. The maximum atomic E-state index is 5.43. The van der Waals surface area contributed by atoms with Crippen LogP contribution >= 0.6 is 0 Å². The van der Waals surface area contributed by atoms with Gasteiger partial charge in [0.1, 0.15) is 5.75 Å². The molecule has 0 aliphatic heterocycles. The van der Waals surface area contributed by atoms with Crippen molar-refractivity contribution in [2.75, 3.05) is 20.8 Å². The van der Waals surface area contributed by atoms with Crippen LogP contribution in [0.5, 0.6) is 11.5 Å². The summed E-state index contributed by atoms with van der Waals surface area (Å²) >= 11 is 0. The molecular weight excluding hydrogens is 218 g/mol. The molecule has 0 N–H and O–H groups in total. The van der Waals surface area contributed by atoms with E-state index in [1.807, 2.05) is 25.1 Å². The third-order valence-corrected chi connectivity index (χ3v) is 1.76. The Morgan fingerprint density at radius 3 is 2.12 bits per heavy atom. The zero-order chi connectivity index (χ0) is 11.1. The standard InChI is InChI=1S/C10H15BO4.Na.H/c1-4-14-9-7-5-6-8-10(9)15-11(12-2)13-3;;/h5-8H,4H2,1-3H3;;. The van der Waals surface area contributed by atoms with E-state index in [1.165, 1.54) is 14.2 Å². The molecule has 0 unspecified atom stereocenters. The molecule has 0 aliphatic carbocycles. The SMILES string of the molecule is CCOc1ccccc1OB(OC)OC.[NaH]. The van der Waals surface area contributed by atoms with Gasteiger partial charge in [-0.15, -0.1) is 0 Å². The predicted molar refractivity (Wildman–Crippen MR) is 65.2 cm³/mol. The van der Waals surface area contributed by atoms with Gasteiger partial charge in [0.2, 0.25) is 0 Å². The van der Waals surface area contributed by atoms with Crippen molar-refractivity contribution in [3.63, 3.8) is 0 Å². The van der Waals surface area contributed by atoms with Crippen LogP contribution in [0.25, 0.3) is 0 Å². The molecule has 84 valence electrons. The van der Waals surface area contributed by atoms with E-state index in [4.69, 9.17) is 18.7 Å². The van der Waals surface area contributed by atoms with Crippen molar-refractivity contribution in [3.8, 4) is 11.5 Å². The topological polar surface area (TPSA) is 36.9 Å². The van der Waals surface area contributed by atoms with Crippen LogP contribution in [0.2, 0.25) is 0 Å². The summed E-state index contributed by atoms with van der Waals surface area (Å²) in [6, 6.07) is 7.38. The van der Waals surface area contributed by atoms with Crippen LogP contribution in [0, 0.1) is 0 Å². The van der Waals surface area contributed by atoms with Crippen LogP contribution in [0.3, 0.4) is 0 Å². The molecule has 0 saturated heterocycles. The van der Waals surface area contributed by atoms with Crippen LogP contribution in [0.15, 0.2) is 24.3 Å². The van der Waals surface area contributed by atoms with Gasteiger partial charge in [0.05, 0.1) is 6.61 Å². The summed E-state index contributed by atoms with van der Waals surface area (Å²) in [5.41, 5.74) is 0. The van der Waals surface area contributed by atoms with Gasteiger partial charge in [-0.2, -0.15) is 0 Å². The number of ether oxygens (including phenoxy) is 1. The zero-order valence-electron chi connectivity index (χ0n) is 9.23. The molecule has 0 fully saturated rings.